The number of benzene rings is 3. The van der Waals surface area contributed by atoms with E-state index >= 15 is 0 Å². The fourth-order valence-corrected chi connectivity index (χ4v) is 5.47. The van der Waals surface area contributed by atoms with Crippen molar-refractivity contribution in [2.45, 2.75) is 18.2 Å². The van der Waals surface area contributed by atoms with Crippen molar-refractivity contribution >= 4 is 15.7 Å². The zero-order chi connectivity index (χ0) is 22.1. The average molecular weight is 443 g/mol. The van der Waals surface area contributed by atoms with Gasteiger partial charge in [0.2, 0.25) is 0 Å². The van der Waals surface area contributed by atoms with E-state index in [-0.39, 0.29) is 4.90 Å². The molecule has 0 spiro atoms. The number of nitrogens with zero attached hydrogens (tertiary/aromatic N) is 2. The summed E-state index contributed by atoms with van der Waals surface area (Å²) in [5.74, 6) is 1.32. The lowest BCUT2D eigenvalue weighted by molar-refractivity contribution is 0.482. The van der Waals surface area contributed by atoms with Crippen LogP contribution in [-0.2, 0) is 16.4 Å². The number of aryl methyl sites for hydroxylation is 1. The maximum atomic E-state index is 13.3. The summed E-state index contributed by atoms with van der Waals surface area (Å²) in [7, 11) is -3.66. The van der Waals surface area contributed by atoms with Gasteiger partial charge in [0.25, 0.3) is 10.0 Å². The summed E-state index contributed by atoms with van der Waals surface area (Å²) in [4.78, 5) is 4.31. The molecule has 160 valence electrons. The molecular formula is C26H22N2O3S. The van der Waals surface area contributed by atoms with Gasteiger partial charge in [0, 0.05) is 18.9 Å². The van der Waals surface area contributed by atoms with Crippen LogP contribution in [0.5, 0.6) is 11.5 Å². The molecule has 1 aliphatic heterocycles. The van der Waals surface area contributed by atoms with Crippen LogP contribution < -0.4 is 9.04 Å². The number of hydrogen-bond acceptors (Lipinski definition) is 4. The van der Waals surface area contributed by atoms with E-state index in [0.717, 1.165) is 33.7 Å². The van der Waals surface area contributed by atoms with Gasteiger partial charge in [-0.3, -0.25) is 9.29 Å². The molecule has 0 saturated carbocycles. The Morgan fingerprint density at radius 3 is 2.38 bits per heavy atom. The fourth-order valence-electron chi connectivity index (χ4n) is 3.97. The van der Waals surface area contributed by atoms with Crippen LogP contribution in [0.2, 0.25) is 0 Å². The van der Waals surface area contributed by atoms with Gasteiger partial charge in [0.15, 0.2) is 0 Å². The second kappa shape index (κ2) is 8.13. The lowest BCUT2D eigenvalue weighted by Gasteiger charge is -2.20. The Labute approximate surface area is 188 Å². The zero-order valence-electron chi connectivity index (χ0n) is 17.6. The molecular weight excluding hydrogens is 420 g/mol. The van der Waals surface area contributed by atoms with Crippen LogP contribution in [0.1, 0.15) is 11.1 Å². The molecule has 1 aliphatic rings. The minimum atomic E-state index is -3.66. The number of pyridine rings is 1. The molecule has 2 heterocycles. The summed E-state index contributed by atoms with van der Waals surface area (Å²) in [6.45, 7) is 2.43. The van der Waals surface area contributed by atoms with E-state index in [9.17, 15) is 8.42 Å². The molecule has 4 aromatic rings. The van der Waals surface area contributed by atoms with Crippen LogP contribution in [0.4, 0.5) is 5.69 Å². The van der Waals surface area contributed by atoms with Crippen LogP contribution in [-0.4, -0.2) is 19.9 Å². The maximum absolute atomic E-state index is 13.3. The number of fused-ring (bicyclic) bond motifs is 1. The quantitative estimate of drug-likeness (QED) is 0.404. The minimum absolute atomic E-state index is 0.250. The van der Waals surface area contributed by atoms with E-state index in [1.807, 2.05) is 55.5 Å². The van der Waals surface area contributed by atoms with Gasteiger partial charge in [0.05, 0.1) is 10.6 Å². The molecule has 0 aliphatic carbocycles. The topological polar surface area (TPSA) is 59.5 Å². The van der Waals surface area contributed by atoms with E-state index in [1.165, 1.54) is 4.31 Å². The van der Waals surface area contributed by atoms with Crippen LogP contribution in [0, 0.1) is 6.92 Å². The van der Waals surface area contributed by atoms with Gasteiger partial charge < -0.3 is 4.74 Å². The lowest BCUT2D eigenvalue weighted by Crippen LogP contribution is -2.29. The largest absolute Gasteiger partial charge is 0.457 e. The number of anilines is 1. The molecule has 0 amide bonds. The van der Waals surface area contributed by atoms with Crippen LogP contribution in [0.25, 0.3) is 11.1 Å². The molecule has 1 aromatic heterocycles. The van der Waals surface area contributed by atoms with Crippen molar-refractivity contribution in [3.05, 3.63) is 102 Å². The normalized spacial score (nSPS) is 13.1. The van der Waals surface area contributed by atoms with Crippen LogP contribution in [0.15, 0.2) is 96.2 Å². The average Bonchev–Trinajstić information content (AvgIpc) is 3.24. The first-order chi connectivity index (χ1) is 15.5. The van der Waals surface area contributed by atoms with E-state index in [4.69, 9.17) is 4.74 Å². The Kier molecular flexibility index (Phi) is 5.15. The minimum Gasteiger partial charge on any atom is -0.457 e. The van der Waals surface area contributed by atoms with Crippen molar-refractivity contribution in [3.63, 3.8) is 0 Å². The summed E-state index contributed by atoms with van der Waals surface area (Å²) in [6, 6.07) is 24.1. The van der Waals surface area contributed by atoms with Crippen molar-refractivity contribution in [1.82, 2.24) is 4.98 Å². The molecule has 5 nitrogen and oxygen atoms in total. The first-order valence-electron chi connectivity index (χ1n) is 10.4. The van der Waals surface area contributed by atoms with E-state index in [1.54, 1.807) is 36.7 Å². The Bertz CT molecular complexity index is 1370. The smallest absolute Gasteiger partial charge is 0.264 e. The molecule has 0 radical (unpaired) electrons. The highest BCUT2D eigenvalue weighted by molar-refractivity contribution is 7.92. The van der Waals surface area contributed by atoms with E-state index < -0.39 is 10.0 Å². The summed E-state index contributed by atoms with van der Waals surface area (Å²) < 4.78 is 34.0. The van der Waals surface area contributed by atoms with Crippen LogP contribution >= 0.6 is 0 Å². The van der Waals surface area contributed by atoms with Gasteiger partial charge in [-0.25, -0.2) is 8.42 Å². The van der Waals surface area contributed by atoms with Gasteiger partial charge >= 0.3 is 0 Å². The van der Waals surface area contributed by atoms with Gasteiger partial charge in [-0.05, 0) is 96.3 Å². The summed E-state index contributed by atoms with van der Waals surface area (Å²) in [5.41, 5.74) is 4.99. The highest BCUT2D eigenvalue weighted by Gasteiger charge is 2.31. The molecule has 0 unspecified atom stereocenters. The monoisotopic (exact) mass is 442 g/mol. The van der Waals surface area contributed by atoms with Gasteiger partial charge in [-0.1, -0.05) is 18.2 Å². The van der Waals surface area contributed by atoms with Gasteiger partial charge in [-0.15, -0.1) is 0 Å². The number of aromatic nitrogens is 1. The van der Waals surface area contributed by atoms with Gasteiger partial charge in [0.1, 0.15) is 11.5 Å². The fraction of sp³-hybridized carbons (Fsp3) is 0.115. The molecule has 32 heavy (non-hydrogen) atoms. The predicted molar refractivity (Wildman–Crippen MR) is 126 cm³/mol. The standard InChI is InChI=1S/C26H22N2O3S/c1-19-3-2-4-24(17-19)31-23-6-8-25(9-7-23)32(29,30)28-16-13-22-18-21(5-10-26(22)28)20-11-14-27-15-12-20/h2-12,14-15,17-18H,13,16H2,1H3. The second-order valence-electron chi connectivity index (χ2n) is 7.80. The van der Waals surface area contributed by atoms with Crippen molar-refractivity contribution < 1.29 is 13.2 Å². The Balaban J connectivity index is 1.39. The third-order valence-corrected chi connectivity index (χ3v) is 7.41. The zero-order valence-corrected chi connectivity index (χ0v) is 18.4. The van der Waals surface area contributed by atoms with Crippen molar-refractivity contribution in [2.75, 3.05) is 10.8 Å². The highest BCUT2D eigenvalue weighted by Crippen LogP contribution is 2.36. The van der Waals surface area contributed by atoms with Crippen molar-refractivity contribution in [1.29, 1.82) is 0 Å². The molecule has 0 atom stereocenters. The number of hydrogen-bond donors (Lipinski definition) is 0. The molecule has 0 fully saturated rings. The first kappa shape index (κ1) is 20.3. The summed E-state index contributed by atoms with van der Waals surface area (Å²) >= 11 is 0. The molecule has 0 saturated heterocycles. The number of rotatable bonds is 5. The highest BCUT2D eigenvalue weighted by atomic mass is 32.2. The van der Waals surface area contributed by atoms with Crippen molar-refractivity contribution in [3.8, 4) is 22.6 Å². The lowest BCUT2D eigenvalue weighted by atomic mass is 10.0. The Morgan fingerprint density at radius 1 is 0.844 bits per heavy atom. The molecule has 6 heteroatoms. The predicted octanol–water partition coefficient (Wildman–Crippen LogP) is 5.60. The second-order valence-corrected chi connectivity index (χ2v) is 9.66. The first-order valence-corrected chi connectivity index (χ1v) is 11.9. The van der Waals surface area contributed by atoms with Crippen molar-refractivity contribution in [2.24, 2.45) is 0 Å². The Morgan fingerprint density at radius 2 is 1.62 bits per heavy atom. The molecule has 0 bridgehead atoms. The Hall–Kier alpha value is -3.64. The molecule has 0 N–H and O–H groups in total. The van der Waals surface area contributed by atoms with E-state index in [2.05, 4.69) is 11.1 Å². The van der Waals surface area contributed by atoms with Crippen LogP contribution in [0.3, 0.4) is 0 Å². The molecule has 3 aromatic carbocycles. The number of sulfonamides is 1. The third kappa shape index (κ3) is 3.85. The third-order valence-electron chi connectivity index (χ3n) is 5.58. The SMILES string of the molecule is Cc1cccc(Oc2ccc(S(=O)(=O)N3CCc4cc(-c5ccncc5)ccc43)cc2)c1. The number of ether oxygens (including phenoxy) is 1. The maximum Gasteiger partial charge on any atom is 0.264 e. The van der Waals surface area contributed by atoms with E-state index in [0.29, 0.717) is 18.7 Å². The van der Waals surface area contributed by atoms with Gasteiger partial charge in [-0.2, -0.15) is 0 Å². The molecule has 5 rings (SSSR count). The summed E-state index contributed by atoms with van der Waals surface area (Å²) in [6.07, 6.45) is 4.19. The summed E-state index contributed by atoms with van der Waals surface area (Å²) in [5, 5.41) is 0.